The van der Waals surface area contributed by atoms with Gasteiger partial charge in [-0.05, 0) is 51.9 Å². The van der Waals surface area contributed by atoms with Crippen molar-refractivity contribution in [2.45, 2.75) is 89.0 Å². The van der Waals surface area contributed by atoms with Crippen molar-refractivity contribution in [1.82, 2.24) is 15.8 Å². The zero-order valence-corrected chi connectivity index (χ0v) is 19.8. The van der Waals surface area contributed by atoms with Gasteiger partial charge in [0.1, 0.15) is 10.8 Å². The van der Waals surface area contributed by atoms with Crippen molar-refractivity contribution in [3.8, 4) is 0 Å². The van der Waals surface area contributed by atoms with Crippen LogP contribution in [-0.2, 0) is 14.3 Å². The van der Waals surface area contributed by atoms with E-state index in [0.717, 1.165) is 17.1 Å². The van der Waals surface area contributed by atoms with Crippen LogP contribution in [-0.4, -0.2) is 59.5 Å². The number of carbonyl (C=O) groups excluding carboxylic acids is 1. The Morgan fingerprint density at radius 1 is 1.28 bits per heavy atom. The fraction of sp³-hybridized carbons (Fsp3) is 0.810. The van der Waals surface area contributed by atoms with Crippen LogP contribution in [0, 0.1) is 5.92 Å². The third-order valence-electron chi connectivity index (χ3n) is 6.02. The Morgan fingerprint density at radius 2 is 1.93 bits per heavy atom. The number of aliphatic imine (C=N–C) groups is 1. The number of nitrogens with one attached hydrogen (secondary N) is 2. The zero-order valence-electron chi connectivity index (χ0n) is 18.2. The summed E-state index contributed by atoms with van der Waals surface area (Å²) in [6, 6.07) is 0.949. The van der Waals surface area contributed by atoms with Crippen molar-refractivity contribution < 1.29 is 14.3 Å². The highest BCUT2D eigenvalue weighted by Gasteiger charge is 2.42. The van der Waals surface area contributed by atoms with Gasteiger partial charge in [-0.1, -0.05) is 29.8 Å². The Hall–Kier alpha value is -1.12. The van der Waals surface area contributed by atoms with Gasteiger partial charge in [0.05, 0.1) is 25.3 Å². The molecular weight excluding hydrogens is 436 g/mol. The number of nitrogens with zero attached hydrogens (tertiary/aromatic N) is 2. The van der Waals surface area contributed by atoms with E-state index in [4.69, 9.17) is 14.5 Å². The molecule has 0 spiro atoms. The van der Waals surface area contributed by atoms with Crippen molar-refractivity contribution in [2.24, 2.45) is 10.9 Å². The van der Waals surface area contributed by atoms with Gasteiger partial charge in [0.15, 0.2) is 6.10 Å². The van der Waals surface area contributed by atoms with E-state index in [1.807, 2.05) is 13.8 Å². The van der Waals surface area contributed by atoms with E-state index in [1.54, 1.807) is 0 Å². The van der Waals surface area contributed by atoms with E-state index in [0.29, 0.717) is 24.6 Å². The minimum absolute atomic E-state index is 0.0134. The number of carbonyl (C=O) groups is 1. The van der Waals surface area contributed by atoms with Gasteiger partial charge in [0.2, 0.25) is 0 Å². The maximum Gasteiger partial charge on any atom is 0.339 e. The highest BCUT2D eigenvalue weighted by Crippen LogP contribution is 2.39. The molecule has 2 saturated heterocycles. The number of fused-ring (bicyclic) bond motifs is 2. The number of piperidine rings is 1. The van der Waals surface area contributed by atoms with Crippen molar-refractivity contribution in [3.63, 3.8) is 0 Å². The van der Waals surface area contributed by atoms with Gasteiger partial charge < -0.3 is 19.8 Å². The SMILES string of the molecule is COC(=O)[C@@H](OCC(C)C)C1=C(N2C3CCCC2CC3)NNC(Br)C(C)N=C1C. The molecule has 164 valence electrons. The molecule has 3 aliphatic rings. The Kier molecular flexibility index (Phi) is 7.62. The molecule has 3 aliphatic heterocycles. The predicted molar refractivity (Wildman–Crippen MR) is 118 cm³/mol. The Bertz CT molecular complexity index is 650. The molecule has 2 fully saturated rings. The highest BCUT2D eigenvalue weighted by molar-refractivity contribution is 9.09. The number of hydrazine groups is 1. The molecule has 8 heteroatoms. The van der Waals surface area contributed by atoms with Crippen LogP contribution in [0.25, 0.3) is 0 Å². The lowest BCUT2D eigenvalue weighted by molar-refractivity contribution is -0.151. The molecule has 0 aromatic heterocycles. The second-order valence-electron chi connectivity index (χ2n) is 8.74. The van der Waals surface area contributed by atoms with Gasteiger partial charge in [-0.15, -0.1) is 0 Å². The lowest BCUT2D eigenvalue weighted by Crippen LogP contribution is -2.53. The first-order chi connectivity index (χ1) is 13.8. The van der Waals surface area contributed by atoms with Gasteiger partial charge in [-0.2, -0.15) is 0 Å². The van der Waals surface area contributed by atoms with Crippen molar-refractivity contribution in [3.05, 3.63) is 11.4 Å². The minimum Gasteiger partial charge on any atom is -0.467 e. The Morgan fingerprint density at radius 3 is 2.52 bits per heavy atom. The number of hydrogen-bond donors (Lipinski definition) is 2. The van der Waals surface area contributed by atoms with Crippen LogP contribution < -0.4 is 10.9 Å². The largest absolute Gasteiger partial charge is 0.467 e. The average Bonchev–Trinajstić information content (AvgIpc) is 2.92. The summed E-state index contributed by atoms with van der Waals surface area (Å²) in [5.41, 5.74) is 8.37. The van der Waals surface area contributed by atoms with Crippen LogP contribution in [0.5, 0.6) is 0 Å². The van der Waals surface area contributed by atoms with E-state index in [-0.39, 0.29) is 17.0 Å². The summed E-state index contributed by atoms with van der Waals surface area (Å²) < 4.78 is 11.3. The molecule has 0 amide bonds. The lowest BCUT2D eigenvalue weighted by atomic mass is 9.98. The second-order valence-corrected chi connectivity index (χ2v) is 9.73. The van der Waals surface area contributed by atoms with Crippen LogP contribution in [0.4, 0.5) is 0 Å². The molecule has 2 bridgehead atoms. The van der Waals surface area contributed by atoms with Crippen molar-refractivity contribution >= 4 is 27.6 Å². The summed E-state index contributed by atoms with van der Waals surface area (Å²) in [7, 11) is 1.41. The van der Waals surface area contributed by atoms with Crippen LogP contribution in [0.1, 0.15) is 59.8 Å². The van der Waals surface area contributed by atoms with Crippen LogP contribution in [0.2, 0.25) is 0 Å². The highest BCUT2D eigenvalue weighted by atomic mass is 79.9. The van der Waals surface area contributed by atoms with Gasteiger partial charge in [-0.25, -0.2) is 10.2 Å². The fourth-order valence-corrected chi connectivity index (χ4v) is 4.83. The molecule has 4 unspecified atom stereocenters. The number of rotatable bonds is 6. The summed E-state index contributed by atoms with van der Waals surface area (Å²) >= 11 is 3.67. The number of methoxy groups -OCH3 is 1. The molecule has 0 aliphatic carbocycles. The maximum absolute atomic E-state index is 12.8. The molecule has 7 nitrogen and oxygen atoms in total. The minimum atomic E-state index is -0.809. The summed E-state index contributed by atoms with van der Waals surface area (Å²) in [5.74, 6) is 0.830. The van der Waals surface area contributed by atoms with Crippen molar-refractivity contribution in [1.29, 1.82) is 0 Å². The Labute approximate surface area is 182 Å². The summed E-state index contributed by atoms with van der Waals surface area (Å²) in [6.07, 6.45) is 5.17. The molecule has 29 heavy (non-hydrogen) atoms. The lowest BCUT2D eigenvalue weighted by Gasteiger charge is -2.41. The summed E-state index contributed by atoms with van der Waals surface area (Å²) in [5, 5.41) is 0. The van der Waals surface area contributed by atoms with Gasteiger partial charge in [0.25, 0.3) is 0 Å². The van der Waals surface area contributed by atoms with Gasteiger partial charge >= 0.3 is 5.97 Å². The first kappa shape index (κ1) is 22.6. The van der Waals surface area contributed by atoms with E-state index < -0.39 is 6.10 Å². The average molecular weight is 471 g/mol. The molecule has 0 aromatic rings. The molecule has 5 atom stereocenters. The Balaban J connectivity index is 2.10. The molecule has 3 heterocycles. The first-order valence-electron chi connectivity index (χ1n) is 10.8. The summed E-state index contributed by atoms with van der Waals surface area (Å²) in [4.78, 5) is 20.1. The molecule has 0 radical (unpaired) electrons. The standard InChI is InChI=1S/C21H35BrN4O3/c1-12(2)11-29-18(21(27)28-5)17-13(3)23-14(4)19(22)24-25-20(17)26-15-7-6-8-16(26)10-9-15/h12,14-16,18-19,24-25H,6-11H2,1-5H3/t14?,15?,16?,18-,19?/m0/s1. The topological polar surface area (TPSA) is 75.2 Å². The normalized spacial score (nSPS) is 31.1. The van der Waals surface area contributed by atoms with Crippen LogP contribution >= 0.6 is 15.9 Å². The predicted octanol–water partition coefficient (Wildman–Crippen LogP) is 3.11. The second kappa shape index (κ2) is 9.79. The van der Waals surface area contributed by atoms with E-state index in [2.05, 4.69) is 45.5 Å². The van der Waals surface area contributed by atoms with E-state index in [1.165, 1.54) is 39.2 Å². The monoisotopic (exact) mass is 470 g/mol. The number of hydrogen-bond acceptors (Lipinski definition) is 7. The first-order valence-corrected chi connectivity index (χ1v) is 11.7. The van der Waals surface area contributed by atoms with E-state index in [9.17, 15) is 4.79 Å². The number of alkyl halides is 1. The van der Waals surface area contributed by atoms with Crippen LogP contribution in [0.3, 0.4) is 0 Å². The van der Waals surface area contributed by atoms with Gasteiger partial charge in [0, 0.05) is 17.8 Å². The summed E-state index contributed by atoms with van der Waals surface area (Å²) in [6.45, 7) is 8.63. The van der Waals surface area contributed by atoms with Gasteiger partial charge in [-0.3, -0.25) is 4.99 Å². The number of ether oxygens (including phenoxy) is 2. The number of halogens is 1. The quantitative estimate of drug-likeness (QED) is 0.352. The zero-order chi connectivity index (χ0) is 21.1. The molecule has 0 saturated carbocycles. The third kappa shape index (κ3) is 4.97. The van der Waals surface area contributed by atoms with E-state index >= 15 is 0 Å². The maximum atomic E-state index is 12.8. The van der Waals surface area contributed by atoms with Crippen LogP contribution in [0.15, 0.2) is 16.4 Å². The number of esters is 1. The fourth-order valence-electron chi connectivity index (χ4n) is 4.60. The third-order valence-corrected chi connectivity index (χ3v) is 7.01. The smallest absolute Gasteiger partial charge is 0.339 e. The molecule has 3 rings (SSSR count). The molecule has 0 aromatic carbocycles. The molecular formula is C21H35BrN4O3. The van der Waals surface area contributed by atoms with Crippen molar-refractivity contribution in [2.75, 3.05) is 13.7 Å². The molecule has 2 N–H and O–H groups in total.